The van der Waals surface area contributed by atoms with Crippen molar-refractivity contribution in [1.29, 1.82) is 0 Å². The summed E-state index contributed by atoms with van der Waals surface area (Å²) in [6.07, 6.45) is 3.90. The highest BCUT2D eigenvalue weighted by Crippen LogP contribution is 2.40. The maximum absolute atomic E-state index is 15.3. The Hall–Kier alpha value is -7.95. The van der Waals surface area contributed by atoms with Crippen LogP contribution in [0, 0.1) is 36.9 Å². The van der Waals surface area contributed by atoms with Gasteiger partial charge in [-0.1, -0.05) is 86.8 Å². The molecule has 4 atom stereocenters. The fourth-order valence-corrected chi connectivity index (χ4v) is 14.2. The van der Waals surface area contributed by atoms with Gasteiger partial charge in [-0.3, -0.25) is 24.1 Å². The number of thiazole rings is 3. The number of carbonyl (C=O) groups excluding carboxylic acids is 4. The number of rotatable bonds is 22. The smallest absolute Gasteiger partial charge is 0.355 e. The number of aryl methyl sites for hydroxylation is 2. The van der Waals surface area contributed by atoms with Gasteiger partial charge < -0.3 is 45.6 Å². The lowest BCUT2D eigenvalue weighted by Crippen LogP contribution is -2.57. The number of benzene rings is 3. The average molecular weight is 1270 g/mol. The van der Waals surface area contributed by atoms with Crippen LogP contribution in [0.4, 0.5) is 26.3 Å². The second-order valence-electron chi connectivity index (χ2n) is 23.9. The van der Waals surface area contributed by atoms with Gasteiger partial charge in [-0.15, -0.1) is 32.9 Å². The summed E-state index contributed by atoms with van der Waals surface area (Å²) in [5.74, 6) is 4.81. The van der Waals surface area contributed by atoms with Crippen molar-refractivity contribution in [3.8, 4) is 28.0 Å². The Morgan fingerprint density at radius 2 is 1.67 bits per heavy atom. The first kappa shape index (κ1) is 64.0. The number of β-amino-alcohol motifs (C(OH)–C–C–N with tert-alkyl or cyclic N) is 1. The van der Waals surface area contributed by atoms with Crippen LogP contribution in [0.5, 0.6) is 5.75 Å². The first-order valence-electron chi connectivity index (χ1n) is 30.3. The average Bonchev–Trinajstić information content (AvgIpc) is 2.05. The SMILES string of the molecule is Cc1ncsc1-c1ccc([C@H](C)NC(=O)[C@H]2C[C@@H](O)CN2C(=O)[C@H](NC(=O)CCCCCC(=O)N2CCN(CC#Cc3ccc(OCCCc4sc(N5CCCc6c5nnc(Nc5nc7ccccc7s5)c6C)nc4C(=O)O)c(F)c3)CC2)C(C)(C)C)cc1. The normalized spacial score (nSPS) is 16.7. The van der Waals surface area contributed by atoms with Gasteiger partial charge in [0.1, 0.15) is 12.1 Å². The molecule has 0 spiro atoms. The van der Waals surface area contributed by atoms with Gasteiger partial charge in [-0.05, 0) is 106 Å². The minimum absolute atomic E-state index is 0.0195. The van der Waals surface area contributed by atoms with Crippen LogP contribution in [0.2, 0.25) is 0 Å². The van der Waals surface area contributed by atoms with Gasteiger partial charge in [0.25, 0.3) is 0 Å². The number of halogens is 1. The third-order valence-corrected chi connectivity index (χ3v) is 19.4. The Morgan fingerprint density at radius 3 is 2.40 bits per heavy atom. The Kier molecular flexibility index (Phi) is 20.6. The van der Waals surface area contributed by atoms with E-state index in [1.54, 1.807) is 34.8 Å². The van der Waals surface area contributed by atoms with Crippen LogP contribution in [0.15, 0.2) is 72.2 Å². The summed E-state index contributed by atoms with van der Waals surface area (Å²) in [5.41, 5.74) is 7.35. The van der Waals surface area contributed by atoms with Crippen LogP contribution in [0.1, 0.15) is 128 Å². The number of hydrogen-bond donors (Lipinski definition) is 5. The van der Waals surface area contributed by atoms with Gasteiger partial charge in [0.2, 0.25) is 23.6 Å². The van der Waals surface area contributed by atoms with Crippen LogP contribution in [-0.2, 0) is 32.0 Å². The molecule has 24 heteroatoms. The number of ether oxygens (including phenoxy) is 1. The van der Waals surface area contributed by atoms with Crippen molar-refractivity contribution in [3.63, 3.8) is 0 Å². The molecule has 0 aliphatic carbocycles. The predicted molar refractivity (Wildman–Crippen MR) is 344 cm³/mol. The second-order valence-corrected chi connectivity index (χ2v) is 26.9. The summed E-state index contributed by atoms with van der Waals surface area (Å²) >= 11 is 4.41. The Labute approximate surface area is 529 Å². The molecule has 10 rings (SSSR count). The topological polar surface area (TPSA) is 249 Å². The van der Waals surface area contributed by atoms with E-state index in [0.29, 0.717) is 105 Å². The van der Waals surface area contributed by atoms with Crippen LogP contribution in [-0.4, -0.2) is 150 Å². The van der Waals surface area contributed by atoms with E-state index in [-0.39, 0.29) is 61.2 Å². The lowest BCUT2D eigenvalue weighted by atomic mass is 9.85. The van der Waals surface area contributed by atoms with Gasteiger partial charge in [-0.2, -0.15) is 0 Å². The molecule has 2 saturated heterocycles. The number of unbranched alkanes of at least 4 members (excludes halogenated alkanes) is 2. The zero-order valence-electron chi connectivity index (χ0n) is 50.9. The van der Waals surface area contributed by atoms with Crippen LogP contribution >= 0.6 is 34.0 Å². The number of carboxylic acids is 1. The number of nitrogens with one attached hydrogen (secondary N) is 3. The molecule has 0 unspecified atom stereocenters. The van der Waals surface area contributed by atoms with Crippen molar-refractivity contribution in [3.05, 3.63) is 117 Å². The van der Waals surface area contributed by atoms with Gasteiger partial charge >= 0.3 is 5.97 Å². The number of hydrogen-bond acceptors (Lipinski definition) is 18. The maximum atomic E-state index is 15.3. The monoisotopic (exact) mass is 1270 g/mol. The number of piperazine rings is 1. The molecule has 4 aromatic heterocycles. The third-order valence-electron chi connectivity index (χ3n) is 16.4. The number of likely N-dealkylation sites (tertiary alicyclic amines) is 1. The fraction of sp³-hybridized carbons (Fsp3) is 0.446. The molecule has 5 N–H and O–H groups in total. The highest BCUT2D eigenvalue weighted by atomic mass is 32.1. The van der Waals surface area contributed by atoms with E-state index in [1.807, 2.05) is 105 Å². The summed E-state index contributed by atoms with van der Waals surface area (Å²) in [7, 11) is 0. The number of carboxylic acid groups (broad SMARTS) is 1. The summed E-state index contributed by atoms with van der Waals surface area (Å²) in [6.45, 7) is 15.0. The van der Waals surface area contributed by atoms with Crippen LogP contribution in [0.25, 0.3) is 20.7 Å². The lowest BCUT2D eigenvalue weighted by molar-refractivity contribution is -0.144. The molecule has 20 nitrogen and oxygen atoms in total. The van der Waals surface area contributed by atoms with Crippen molar-refractivity contribution in [1.82, 2.24) is 50.5 Å². The van der Waals surface area contributed by atoms with E-state index in [9.17, 15) is 34.2 Å². The van der Waals surface area contributed by atoms with Crippen LogP contribution < -0.4 is 25.6 Å². The Morgan fingerprint density at radius 1 is 0.899 bits per heavy atom. The number of aromatic nitrogens is 5. The molecule has 89 heavy (non-hydrogen) atoms. The van der Waals surface area contributed by atoms with Crippen molar-refractivity contribution in [2.24, 2.45) is 5.41 Å². The van der Waals surface area contributed by atoms with E-state index >= 15 is 4.39 Å². The van der Waals surface area contributed by atoms with Crippen LogP contribution in [0.3, 0.4) is 0 Å². The first-order valence-corrected chi connectivity index (χ1v) is 32.8. The Balaban J connectivity index is 0.615. The van der Waals surface area contributed by atoms with Crippen molar-refractivity contribution >= 4 is 95.7 Å². The van der Waals surface area contributed by atoms with Crippen molar-refractivity contribution in [2.45, 2.75) is 130 Å². The number of para-hydroxylation sites is 1. The second kappa shape index (κ2) is 28.7. The molecule has 2 fully saturated rings. The molecule has 468 valence electrons. The number of amides is 4. The quantitative estimate of drug-likeness (QED) is 0.0313. The number of aliphatic hydroxyl groups excluding tert-OH is 1. The molecule has 7 aromatic rings. The largest absolute Gasteiger partial charge is 0.491 e. The van der Waals surface area contributed by atoms with E-state index < -0.39 is 41.3 Å². The van der Waals surface area contributed by atoms with Crippen molar-refractivity contribution in [2.75, 3.05) is 62.6 Å². The highest BCUT2D eigenvalue weighted by molar-refractivity contribution is 7.22. The van der Waals surface area contributed by atoms with Gasteiger partial charge in [0.15, 0.2) is 39.2 Å². The van der Waals surface area contributed by atoms with Gasteiger partial charge in [0, 0.05) is 80.1 Å². The molecule has 0 bridgehead atoms. The number of carbonyl (C=O) groups is 5. The number of anilines is 4. The maximum Gasteiger partial charge on any atom is 0.355 e. The highest BCUT2D eigenvalue weighted by Gasteiger charge is 2.45. The van der Waals surface area contributed by atoms with E-state index in [1.165, 1.54) is 22.3 Å². The van der Waals surface area contributed by atoms with E-state index in [4.69, 9.17) is 4.74 Å². The zero-order valence-corrected chi connectivity index (χ0v) is 53.4. The molecular formula is C65H75FN12O8S3. The molecular weight excluding hydrogens is 1190 g/mol. The molecule has 3 aliphatic heterocycles. The summed E-state index contributed by atoms with van der Waals surface area (Å²) in [5, 5.41) is 40.5. The summed E-state index contributed by atoms with van der Waals surface area (Å²) < 4.78 is 22.2. The lowest BCUT2D eigenvalue weighted by Gasteiger charge is -2.35. The van der Waals surface area contributed by atoms with Gasteiger partial charge in [-0.25, -0.2) is 24.1 Å². The van der Waals surface area contributed by atoms with Gasteiger partial charge in [0.05, 0.1) is 51.6 Å². The number of aromatic carboxylic acids is 1. The van der Waals surface area contributed by atoms with E-state index in [0.717, 1.165) is 61.0 Å². The zero-order chi connectivity index (χ0) is 62.9. The summed E-state index contributed by atoms with van der Waals surface area (Å²) in [6, 6.07) is 18.2. The Bertz CT molecular complexity index is 3740. The first-order chi connectivity index (χ1) is 42.8. The molecule has 3 aromatic carbocycles. The standard InChI is InChI=1S/C65H75FN12O8S3/c1-39-46-16-13-29-77(59(46)74-73-58(39)72-63-69-48-17-10-11-18-51(48)88-63)64-71-55(62(84)85)52(89-64)19-14-34-86-50-27-22-42(35-47(50)66)15-12-28-75-30-32-76(33-31-75)54(81)21-9-7-8-20-53(80)70-57(65(4,5)6)61(83)78-37-45(79)36-49(78)60(82)68-40(2)43-23-25-44(26-24-43)56-41(3)67-38-87-56/h10-11,17-18,22-27,35,38,40,45,49,57,79H,7-9,13-14,16,19-21,28-34,36-37H2,1-6H3,(H,68,82)(H,70,80)(H,84,85)(H,69,72,73)/t40-,45+,49+,57-/m0/s1. The molecule has 3 aliphatic rings. The van der Waals surface area contributed by atoms with E-state index in [2.05, 4.69) is 57.8 Å². The molecule has 0 saturated carbocycles. The molecule has 4 amide bonds. The minimum Gasteiger partial charge on any atom is -0.491 e. The summed E-state index contributed by atoms with van der Waals surface area (Å²) in [4.78, 5) is 89.4. The fourth-order valence-electron chi connectivity index (χ4n) is 11.4. The number of aliphatic hydroxyl groups is 1. The molecule has 0 radical (unpaired) electrons. The number of nitrogens with zero attached hydrogens (tertiary/aromatic N) is 9. The third kappa shape index (κ3) is 15.7. The number of fused-ring (bicyclic) bond motifs is 2. The van der Waals surface area contributed by atoms with Crippen molar-refractivity contribution < 1.29 is 43.3 Å². The molecule has 7 heterocycles. The minimum atomic E-state index is -1.13. The predicted octanol–water partition coefficient (Wildman–Crippen LogP) is 9.78.